The highest BCUT2D eigenvalue weighted by molar-refractivity contribution is 7.10. The van der Waals surface area contributed by atoms with Gasteiger partial charge in [-0.15, -0.1) is 0 Å². The summed E-state index contributed by atoms with van der Waals surface area (Å²) in [7, 11) is 0. The summed E-state index contributed by atoms with van der Waals surface area (Å²) in [6, 6.07) is 0.621. The Morgan fingerprint density at radius 2 is 1.89 bits per heavy atom. The van der Waals surface area contributed by atoms with Crippen molar-refractivity contribution in [2.45, 2.75) is 64.3 Å². The van der Waals surface area contributed by atoms with Crippen LogP contribution < -0.4 is 11.1 Å². The predicted octanol–water partition coefficient (Wildman–Crippen LogP) is 3.98. The molecule has 4 heteroatoms. The smallest absolute Gasteiger partial charge is 0.142 e. The van der Waals surface area contributed by atoms with Gasteiger partial charge in [0.05, 0.1) is 0 Å². The topological polar surface area (TPSA) is 50.9 Å². The largest absolute Gasteiger partial charge is 0.383 e. The van der Waals surface area contributed by atoms with Gasteiger partial charge in [-0.3, -0.25) is 0 Å². The molecule has 100 valence electrons. The normalized spacial score (nSPS) is 24.1. The summed E-state index contributed by atoms with van der Waals surface area (Å²) >= 11 is 1.55. The molecule has 0 saturated heterocycles. The number of rotatable bonds is 3. The molecule has 18 heavy (non-hydrogen) atoms. The molecular weight excluding hydrogens is 242 g/mol. The molecule has 3 rings (SSSR count). The minimum Gasteiger partial charge on any atom is -0.383 e. The fourth-order valence-corrected chi connectivity index (χ4v) is 3.79. The molecule has 2 saturated carbocycles. The van der Waals surface area contributed by atoms with E-state index in [0.717, 1.165) is 5.82 Å². The molecule has 2 aliphatic rings. The molecule has 0 aliphatic heterocycles. The highest BCUT2D eigenvalue weighted by Gasteiger charge is 2.32. The van der Waals surface area contributed by atoms with Gasteiger partial charge in [-0.05, 0) is 61.4 Å². The molecule has 1 aromatic rings. The number of nitrogens with two attached hydrogens (primary N) is 1. The lowest BCUT2D eigenvalue weighted by Gasteiger charge is -2.34. The number of aromatic nitrogens is 1. The van der Waals surface area contributed by atoms with E-state index >= 15 is 0 Å². The number of hydrogen-bond acceptors (Lipinski definition) is 4. The quantitative estimate of drug-likeness (QED) is 0.869. The second-order valence-electron chi connectivity index (χ2n) is 6.67. The average molecular weight is 265 g/mol. The van der Waals surface area contributed by atoms with Crippen LogP contribution in [0, 0.1) is 5.41 Å². The van der Waals surface area contributed by atoms with Crippen molar-refractivity contribution in [2.24, 2.45) is 5.41 Å². The summed E-state index contributed by atoms with van der Waals surface area (Å²) in [5.74, 6) is 1.45. The molecule has 0 atom stereocenters. The van der Waals surface area contributed by atoms with Crippen LogP contribution in [0.4, 0.5) is 10.8 Å². The second kappa shape index (κ2) is 4.41. The highest BCUT2D eigenvalue weighted by atomic mass is 32.1. The summed E-state index contributed by atoms with van der Waals surface area (Å²) < 4.78 is 4.33. The third-order valence-electron chi connectivity index (χ3n) is 4.42. The van der Waals surface area contributed by atoms with Gasteiger partial charge in [0, 0.05) is 11.6 Å². The minimum absolute atomic E-state index is 0.532. The number of anilines is 2. The zero-order valence-corrected chi connectivity index (χ0v) is 12.1. The standard InChI is InChI=1S/C14H23N3S/c1-14(2)7-5-10(6-8-14)16-13-11(9-3-4-9)12(15)17-18-13/h9-10,16H,3-8H2,1-2H3,(H2,15,17). The van der Waals surface area contributed by atoms with Crippen LogP contribution in [0.2, 0.25) is 0 Å². The fourth-order valence-electron chi connectivity index (χ4n) is 2.91. The predicted molar refractivity (Wildman–Crippen MR) is 78.2 cm³/mol. The Bertz CT molecular complexity index is 424. The molecule has 3 nitrogen and oxygen atoms in total. The maximum absolute atomic E-state index is 5.99. The first-order valence-corrected chi connectivity index (χ1v) is 7.84. The number of nitrogen functional groups attached to an aromatic ring is 1. The molecule has 2 aliphatic carbocycles. The fraction of sp³-hybridized carbons (Fsp3) is 0.786. The van der Waals surface area contributed by atoms with Crippen LogP contribution in [0.1, 0.15) is 63.9 Å². The van der Waals surface area contributed by atoms with E-state index in [4.69, 9.17) is 5.73 Å². The van der Waals surface area contributed by atoms with Crippen LogP contribution in [0.3, 0.4) is 0 Å². The van der Waals surface area contributed by atoms with E-state index in [1.807, 2.05) is 0 Å². The van der Waals surface area contributed by atoms with Crippen LogP contribution >= 0.6 is 11.5 Å². The van der Waals surface area contributed by atoms with Gasteiger partial charge in [0.15, 0.2) is 0 Å². The van der Waals surface area contributed by atoms with Crippen molar-refractivity contribution >= 4 is 22.4 Å². The molecule has 2 fully saturated rings. The number of nitrogens with zero attached hydrogens (tertiary/aromatic N) is 1. The molecular formula is C14H23N3S. The van der Waals surface area contributed by atoms with Crippen molar-refractivity contribution in [1.29, 1.82) is 0 Å². The summed E-state index contributed by atoms with van der Waals surface area (Å²) in [5, 5.41) is 4.96. The van der Waals surface area contributed by atoms with E-state index in [0.29, 0.717) is 17.4 Å². The van der Waals surface area contributed by atoms with E-state index < -0.39 is 0 Å². The van der Waals surface area contributed by atoms with Gasteiger partial charge < -0.3 is 11.1 Å². The molecule has 0 aromatic carbocycles. The maximum Gasteiger partial charge on any atom is 0.142 e. The molecule has 3 N–H and O–H groups in total. The van der Waals surface area contributed by atoms with Gasteiger partial charge in [0.2, 0.25) is 0 Å². The van der Waals surface area contributed by atoms with Gasteiger partial charge in [0.1, 0.15) is 10.8 Å². The van der Waals surface area contributed by atoms with Crippen molar-refractivity contribution in [1.82, 2.24) is 4.37 Å². The first-order valence-electron chi connectivity index (χ1n) is 7.07. The van der Waals surface area contributed by atoms with E-state index in [9.17, 15) is 0 Å². The molecule has 1 aromatic heterocycles. The third kappa shape index (κ3) is 2.48. The van der Waals surface area contributed by atoms with Crippen LogP contribution in [-0.2, 0) is 0 Å². The zero-order chi connectivity index (χ0) is 12.8. The van der Waals surface area contributed by atoms with Crippen molar-refractivity contribution in [2.75, 3.05) is 11.1 Å². The lowest BCUT2D eigenvalue weighted by molar-refractivity contribution is 0.232. The van der Waals surface area contributed by atoms with Crippen molar-refractivity contribution in [3.8, 4) is 0 Å². The summed E-state index contributed by atoms with van der Waals surface area (Å²) in [6.07, 6.45) is 7.75. The first kappa shape index (κ1) is 12.3. The van der Waals surface area contributed by atoms with Gasteiger partial charge in [-0.2, -0.15) is 4.37 Å². The van der Waals surface area contributed by atoms with Gasteiger partial charge in [0.25, 0.3) is 0 Å². The van der Waals surface area contributed by atoms with Crippen LogP contribution in [0.5, 0.6) is 0 Å². The van der Waals surface area contributed by atoms with Crippen molar-refractivity contribution in [3.05, 3.63) is 5.56 Å². The minimum atomic E-state index is 0.532. The van der Waals surface area contributed by atoms with Gasteiger partial charge in [-0.25, -0.2) is 0 Å². The van der Waals surface area contributed by atoms with Crippen molar-refractivity contribution < 1.29 is 0 Å². The number of hydrogen-bond donors (Lipinski definition) is 2. The molecule has 0 amide bonds. The van der Waals surface area contributed by atoms with Gasteiger partial charge in [-0.1, -0.05) is 13.8 Å². The SMILES string of the molecule is CC1(C)CCC(Nc2snc(N)c2C2CC2)CC1. The zero-order valence-electron chi connectivity index (χ0n) is 11.3. The summed E-state index contributed by atoms with van der Waals surface area (Å²) in [4.78, 5) is 0. The van der Waals surface area contributed by atoms with E-state index in [1.165, 1.54) is 49.1 Å². The lowest BCUT2D eigenvalue weighted by Crippen LogP contribution is -2.29. The second-order valence-corrected chi connectivity index (χ2v) is 7.44. The highest BCUT2D eigenvalue weighted by Crippen LogP contribution is 2.48. The molecule has 0 spiro atoms. The molecule has 0 bridgehead atoms. The third-order valence-corrected chi connectivity index (χ3v) is 5.22. The Morgan fingerprint density at radius 3 is 2.50 bits per heavy atom. The van der Waals surface area contributed by atoms with Crippen LogP contribution in [-0.4, -0.2) is 10.4 Å². The Kier molecular flexibility index (Phi) is 3.00. The Hall–Kier alpha value is -0.770. The number of nitrogens with one attached hydrogen (secondary N) is 1. The Balaban J connectivity index is 1.66. The van der Waals surface area contributed by atoms with Gasteiger partial charge >= 0.3 is 0 Å². The average Bonchev–Trinajstić information content (AvgIpc) is 3.08. The monoisotopic (exact) mass is 265 g/mol. The Morgan fingerprint density at radius 1 is 1.22 bits per heavy atom. The lowest BCUT2D eigenvalue weighted by atomic mass is 9.75. The van der Waals surface area contributed by atoms with Crippen LogP contribution in [0.25, 0.3) is 0 Å². The van der Waals surface area contributed by atoms with E-state index in [-0.39, 0.29) is 0 Å². The van der Waals surface area contributed by atoms with Crippen LogP contribution in [0.15, 0.2) is 0 Å². The van der Waals surface area contributed by atoms with E-state index in [1.54, 1.807) is 11.5 Å². The molecule has 0 radical (unpaired) electrons. The summed E-state index contributed by atoms with van der Waals surface area (Å²) in [5.41, 5.74) is 7.83. The Labute approximate surface area is 113 Å². The maximum atomic E-state index is 5.99. The van der Waals surface area contributed by atoms with E-state index in [2.05, 4.69) is 23.5 Å². The van der Waals surface area contributed by atoms with Crippen molar-refractivity contribution in [3.63, 3.8) is 0 Å². The first-order chi connectivity index (χ1) is 8.55. The molecule has 1 heterocycles. The summed E-state index contributed by atoms with van der Waals surface area (Å²) in [6.45, 7) is 4.76. The molecule has 0 unspecified atom stereocenters.